The second-order valence-electron chi connectivity index (χ2n) is 14.1. The summed E-state index contributed by atoms with van der Waals surface area (Å²) in [4.78, 5) is 0. The lowest BCUT2D eigenvalue weighted by Crippen LogP contribution is -2.23. The van der Waals surface area contributed by atoms with Gasteiger partial charge in [0.25, 0.3) is 0 Å². The Bertz CT molecular complexity index is 2740. The average Bonchev–Trinajstić information content (AvgIpc) is 3.55. The van der Waals surface area contributed by atoms with Crippen LogP contribution in [-0.4, -0.2) is 22.6 Å². The van der Waals surface area contributed by atoms with Crippen LogP contribution >= 0.6 is 11.3 Å². The molecule has 57 heavy (non-hydrogen) atoms. The van der Waals surface area contributed by atoms with E-state index in [1.54, 1.807) is 11.3 Å². The van der Waals surface area contributed by atoms with Crippen molar-refractivity contribution >= 4 is 50.0 Å². The van der Waals surface area contributed by atoms with Gasteiger partial charge >= 0.3 is 7.32 Å². The highest BCUT2D eigenvalue weighted by atomic mass is 32.1. The summed E-state index contributed by atoms with van der Waals surface area (Å²) in [5, 5.41) is 33.2. The molecule has 1 aliphatic rings. The maximum Gasteiger partial charge on any atom is 0.707 e. The van der Waals surface area contributed by atoms with Crippen molar-refractivity contribution in [2.45, 2.75) is 39.5 Å². The normalized spacial score (nSPS) is 14.0. The molecule has 1 aliphatic carbocycles. The van der Waals surface area contributed by atoms with Crippen LogP contribution in [0.5, 0.6) is 5.75 Å². The molecule has 6 aromatic carbocycles. The van der Waals surface area contributed by atoms with Crippen LogP contribution in [0.15, 0.2) is 114 Å². The molecule has 0 amide bonds. The van der Waals surface area contributed by atoms with Gasteiger partial charge in [0, 0.05) is 26.1 Å². The summed E-state index contributed by atoms with van der Waals surface area (Å²) in [6.07, 6.45) is 0. The van der Waals surface area contributed by atoms with E-state index < -0.39 is 42.2 Å². The molecule has 8 rings (SSSR count). The van der Waals surface area contributed by atoms with Crippen molar-refractivity contribution in [1.82, 2.24) is 0 Å². The Morgan fingerprint density at radius 1 is 0.667 bits per heavy atom. The zero-order valence-electron chi connectivity index (χ0n) is 31.1. The monoisotopic (exact) mass is 791 g/mol. The summed E-state index contributed by atoms with van der Waals surface area (Å²) in [5.41, 5.74) is 12.6. The van der Waals surface area contributed by atoms with Crippen molar-refractivity contribution in [3.05, 3.63) is 188 Å². The maximum absolute atomic E-state index is 12.7. The molecule has 5 nitrogen and oxygen atoms in total. The van der Waals surface area contributed by atoms with Gasteiger partial charge in [-0.3, -0.25) is 0 Å². The zero-order chi connectivity index (χ0) is 40.7. The number of hydrogen-bond acceptors (Lipinski definition) is 6. The second kappa shape index (κ2) is 16.0. The third kappa shape index (κ3) is 7.44. The fraction of sp³-hybridized carbons (Fsp3) is 0.133. The maximum atomic E-state index is 12.7. The summed E-state index contributed by atoms with van der Waals surface area (Å²) in [6.45, 7) is 8.67. The lowest BCUT2D eigenvalue weighted by Gasteiger charge is -2.20. The standard InChI is InChI=1S/C39H33NOS.C6H2BF5O3/c1-23(2)28-17-19-34-32(21-28)39(40-41)33-22-29(18-20-35(33)42-34)37-31-8-6-5-7-30(31)36(26-13-9-24(3)10-14-26)38(37)27-15-11-25(4)12-16-27;8-1-2(9)4(11)6(15-7(13)14)5(12)3(1)10/h5-23,37,41H,1-4H3;13-14H. The van der Waals surface area contributed by atoms with E-state index in [-0.39, 0.29) is 5.92 Å². The van der Waals surface area contributed by atoms with Crippen molar-refractivity contribution in [2.24, 2.45) is 5.16 Å². The minimum Gasteiger partial charge on any atom is -0.507 e. The van der Waals surface area contributed by atoms with Gasteiger partial charge in [0.1, 0.15) is 5.36 Å². The van der Waals surface area contributed by atoms with E-state index in [4.69, 9.17) is 10.0 Å². The number of fused-ring (bicyclic) bond motifs is 3. The van der Waals surface area contributed by atoms with E-state index in [2.05, 4.69) is 147 Å². The summed E-state index contributed by atoms with van der Waals surface area (Å²) in [7, 11) is -2.70. The molecular formula is C45H35BF5NO4S. The predicted molar refractivity (Wildman–Crippen MR) is 214 cm³/mol. The Kier molecular flexibility index (Phi) is 11.0. The number of allylic oxidation sites excluding steroid dienone is 1. The lowest BCUT2D eigenvalue weighted by atomic mass is 9.84. The van der Waals surface area contributed by atoms with Gasteiger partial charge in [0.05, 0.1) is 0 Å². The van der Waals surface area contributed by atoms with Crippen molar-refractivity contribution in [3.63, 3.8) is 0 Å². The second-order valence-corrected chi connectivity index (χ2v) is 15.2. The Hall–Kier alpha value is -5.82. The summed E-state index contributed by atoms with van der Waals surface area (Å²) < 4.78 is 68.6. The number of nitrogens with zero attached hydrogens (tertiary/aromatic N) is 1. The first-order valence-electron chi connectivity index (χ1n) is 18.0. The third-order valence-corrected chi connectivity index (χ3v) is 11.2. The molecule has 0 saturated heterocycles. The first-order chi connectivity index (χ1) is 27.3. The molecule has 0 bridgehead atoms. The fourth-order valence-electron chi connectivity index (χ4n) is 7.19. The van der Waals surface area contributed by atoms with E-state index in [1.165, 1.54) is 55.7 Å². The predicted octanol–water partition coefficient (Wildman–Crippen LogP) is 10.9. The third-order valence-electron chi connectivity index (χ3n) is 10.0. The molecule has 12 heteroatoms. The molecule has 1 unspecified atom stereocenters. The minimum absolute atomic E-state index is 0.0406. The SMILES string of the molecule is Cc1ccc(C2=C(c3ccc(C)cc3)C(c3ccc4sc5ccc(C(C)C)cc5c(=NO)c4c3)c3ccccc32)cc1.OB(O)Oc1c(F)c(F)c(F)c(F)c1F. The first kappa shape index (κ1) is 39.4. The summed E-state index contributed by atoms with van der Waals surface area (Å²) >= 11 is 1.75. The van der Waals surface area contributed by atoms with E-state index in [0.29, 0.717) is 11.3 Å². The van der Waals surface area contributed by atoms with Gasteiger partial charge in [-0.25, -0.2) is 13.2 Å². The number of rotatable bonds is 6. The highest BCUT2D eigenvalue weighted by Gasteiger charge is 2.34. The topological polar surface area (TPSA) is 82.3 Å². The van der Waals surface area contributed by atoms with Crippen LogP contribution in [0.1, 0.15) is 70.2 Å². The molecule has 3 N–H and O–H groups in total. The van der Waals surface area contributed by atoms with Gasteiger partial charge < -0.3 is 19.9 Å². The Morgan fingerprint density at radius 3 is 1.79 bits per heavy atom. The molecule has 1 atom stereocenters. The number of aryl methyl sites for hydroxylation is 2. The molecule has 0 radical (unpaired) electrons. The van der Waals surface area contributed by atoms with Gasteiger partial charge in [0.2, 0.25) is 29.1 Å². The fourth-order valence-corrected chi connectivity index (χ4v) is 8.23. The van der Waals surface area contributed by atoms with Crippen LogP contribution < -0.4 is 10.0 Å². The molecule has 0 spiro atoms. The molecule has 0 fully saturated rings. The van der Waals surface area contributed by atoms with Crippen LogP contribution in [0.4, 0.5) is 22.0 Å². The highest BCUT2D eigenvalue weighted by Crippen LogP contribution is 2.52. The molecule has 1 aromatic heterocycles. The van der Waals surface area contributed by atoms with Crippen LogP contribution in [-0.2, 0) is 0 Å². The van der Waals surface area contributed by atoms with Gasteiger partial charge in [-0.2, -0.15) is 8.78 Å². The van der Waals surface area contributed by atoms with Gasteiger partial charge in [-0.05, 0) is 88.6 Å². The quantitative estimate of drug-likeness (QED) is 0.0298. The highest BCUT2D eigenvalue weighted by molar-refractivity contribution is 7.24. The largest absolute Gasteiger partial charge is 0.707 e. The number of hydrogen-bond donors (Lipinski definition) is 3. The van der Waals surface area contributed by atoms with E-state index in [0.717, 1.165) is 20.2 Å². The molecule has 288 valence electrons. The summed E-state index contributed by atoms with van der Waals surface area (Å²) in [6, 6.07) is 39.9. The van der Waals surface area contributed by atoms with Crippen molar-refractivity contribution in [2.75, 3.05) is 0 Å². The van der Waals surface area contributed by atoms with Crippen LogP contribution in [0.2, 0.25) is 0 Å². The van der Waals surface area contributed by atoms with Crippen LogP contribution in [0.25, 0.3) is 31.3 Å². The first-order valence-corrected chi connectivity index (χ1v) is 18.8. The minimum atomic E-state index is -2.70. The van der Waals surface area contributed by atoms with Crippen LogP contribution in [0, 0.1) is 42.9 Å². The van der Waals surface area contributed by atoms with Gasteiger partial charge in [0.15, 0.2) is 5.75 Å². The number of halogens is 5. The van der Waals surface area contributed by atoms with Crippen molar-refractivity contribution in [3.8, 4) is 5.75 Å². The molecular weight excluding hydrogens is 756 g/mol. The molecule has 0 saturated carbocycles. The summed E-state index contributed by atoms with van der Waals surface area (Å²) in [5.74, 6) is -12.7. The lowest BCUT2D eigenvalue weighted by molar-refractivity contribution is 0.263. The van der Waals surface area contributed by atoms with E-state index >= 15 is 0 Å². The Balaban J connectivity index is 0.000000280. The zero-order valence-corrected chi connectivity index (χ0v) is 31.9. The molecule has 0 aliphatic heterocycles. The van der Waals surface area contributed by atoms with Crippen molar-refractivity contribution < 1.29 is 41.9 Å². The molecule has 7 aromatic rings. The molecule has 1 heterocycles. The van der Waals surface area contributed by atoms with E-state index in [1.807, 2.05) is 0 Å². The number of benzene rings is 6. The van der Waals surface area contributed by atoms with Gasteiger partial charge in [-0.15, -0.1) is 11.3 Å². The van der Waals surface area contributed by atoms with E-state index in [9.17, 15) is 27.2 Å². The Labute approximate surface area is 329 Å². The average molecular weight is 792 g/mol. The van der Waals surface area contributed by atoms with Gasteiger partial charge in [-0.1, -0.05) is 115 Å². The smallest absolute Gasteiger partial charge is 0.507 e. The van der Waals surface area contributed by atoms with Crippen molar-refractivity contribution in [1.29, 1.82) is 0 Å². The van der Waals surface area contributed by atoms with Crippen LogP contribution in [0.3, 0.4) is 0 Å². The Morgan fingerprint density at radius 2 is 1.21 bits per heavy atom.